The molecule has 5 heteroatoms. The van der Waals surface area contributed by atoms with E-state index in [9.17, 15) is 9.59 Å². The van der Waals surface area contributed by atoms with Crippen molar-refractivity contribution in [2.75, 3.05) is 0 Å². The predicted octanol–water partition coefficient (Wildman–Crippen LogP) is -0.309. The van der Waals surface area contributed by atoms with Gasteiger partial charge in [0.05, 0.1) is 6.04 Å². The first-order valence-electron chi connectivity index (χ1n) is 2.94. The van der Waals surface area contributed by atoms with Crippen LogP contribution < -0.4 is 9.66 Å². The minimum absolute atomic E-state index is 0.191. The Morgan fingerprint density at radius 1 is 1.60 bits per heavy atom. The van der Waals surface area contributed by atoms with Crippen molar-refractivity contribution in [3.05, 3.63) is 0 Å². The first-order valence-corrected chi connectivity index (χ1v) is 3.73. The van der Waals surface area contributed by atoms with Crippen LogP contribution in [0.5, 0.6) is 0 Å². The highest BCUT2D eigenvalue weighted by Gasteiger charge is 2.24. The number of hydrogen-bond acceptors (Lipinski definition) is 3. The zero-order chi connectivity index (χ0) is 7.56. The standard InChI is InChI=1S/C5H7BrN2O2/c6-8-3-1-2-4(9)7-5(3)10/h3,8H,1-2H2,(H,7,9,10)/t3-/m1/s1. The van der Waals surface area contributed by atoms with Gasteiger partial charge in [-0.25, -0.2) is 4.34 Å². The number of hydrogen-bond donors (Lipinski definition) is 2. The molecule has 0 aromatic carbocycles. The predicted molar refractivity (Wildman–Crippen MR) is 38.2 cm³/mol. The van der Waals surface area contributed by atoms with Gasteiger partial charge < -0.3 is 0 Å². The van der Waals surface area contributed by atoms with Gasteiger partial charge in [-0.05, 0) is 6.42 Å². The SMILES string of the molecule is O=C1CC[C@@H](NBr)C(=O)N1. The fourth-order valence-electron chi connectivity index (χ4n) is 0.798. The van der Waals surface area contributed by atoms with Crippen molar-refractivity contribution in [3.63, 3.8) is 0 Å². The summed E-state index contributed by atoms with van der Waals surface area (Å²) in [4.78, 5) is 21.4. The van der Waals surface area contributed by atoms with E-state index in [0.717, 1.165) is 0 Å². The summed E-state index contributed by atoms with van der Waals surface area (Å²) in [6.07, 6.45) is 0.977. The van der Waals surface area contributed by atoms with E-state index in [4.69, 9.17) is 0 Å². The van der Waals surface area contributed by atoms with Crippen LogP contribution >= 0.6 is 16.1 Å². The molecular weight excluding hydrogens is 200 g/mol. The third-order valence-electron chi connectivity index (χ3n) is 1.37. The average Bonchev–Trinajstić information content (AvgIpc) is 1.88. The fourth-order valence-corrected chi connectivity index (χ4v) is 1.23. The van der Waals surface area contributed by atoms with E-state index in [0.29, 0.717) is 12.8 Å². The molecule has 0 saturated carbocycles. The summed E-state index contributed by atoms with van der Waals surface area (Å²) in [6, 6.07) is -0.266. The largest absolute Gasteiger partial charge is 0.295 e. The van der Waals surface area contributed by atoms with Crippen LogP contribution in [0.3, 0.4) is 0 Å². The molecule has 0 aromatic rings. The smallest absolute Gasteiger partial charge is 0.244 e. The summed E-state index contributed by atoms with van der Waals surface area (Å²) < 4.78 is 2.62. The molecule has 0 aromatic heterocycles. The maximum absolute atomic E-state index is 10.8. The summed E-state index contributed by atoms with van der Waals surface area (Å²) >= 11 is 2.95. The molecule has 1 aliphatic rings. The molecule has 1 saturated heterocycles. The van der Waals surface area contributed by atoms with E-state index < -0.39 is 0 Å². The van der Waals surface area contributed by atoms with E-state index in [1.165, 1.54) is 0 Å². The number of nitrogens with one attached hydrogen (secondary N) is 2. The second kappa shape index (κ2) is 3.12. The quantitative estimate of drug-likeness (QED) is 0.458. The van der Waals surface area contributed by atoms with Crippen LogP contribution in [-0.4, -0.2) is 17.9 Å². The van der Waals surface area contributed by atoms with Crippen LogP contribution in [-0.2, 0) is 9.59 Å². The molecular formula is C5H7BrN2O2. The van der Waals surface area contributed by atoms with Gasteiger partial charge in [0.1, 0.15) is 0 Å². The summed E-state index contributed by atoms with van der Waals surface area (Å²) in [5.41, 5.74) is 0. The zero-order valence-electron chi connectivity index (χ0n) is 5.19. The summed E-state index contributed by atoms with van der Waals surface area (Å²) in [5.74, 6) is -0.447. The topological polar surface area (TPSA) is 58.2 Å². The highest BCUT2D eigenvalue weighted by Crippen LogP contribution is 2.04. The number of piperidine rings is 1. The lowest BCUT2D eigenvalue weighted by Crippen LogP contribution is -2.48. The van der Waals surface area contributed by atoms with Gasteiger partial charge in [-0.2, -0.15) is 0 Å². The molecule has 0 bridgehead atoms. The normalized spacial score (nSPS) is 26.3. The van der Waals surface area contributed by atoms with Crippen molar-refractivity contribution < 1.29 is 9.59 Å². The molecule has 1 heterocycles. The second-order valence-corrected chi connectivity index (χ2v) is 2.57. The fraction of sp³-hybridized carbons (Fsp3) is 0.600. The lowest BCUT2D eigenvalue weighted by atomic mass is 10.1. The number of imide groups is 1. The van der Waals surface area contributed by atoms with E-state index >= 15 is 0 Å². The highest BCUT2D eigenvalue weighted by atomic mass is 79.9. The van der Waals surface area contributed by atoms with Gasteiger partial charge in [0.25, 0.3) is 0 Å². The monoisotopic (exact) mass is 206 g/mol. The van der Waals surface area contributed by atoms with E-state index in [2.05, 4.69) is 25.8 Å². The summed E-state index contributed by atoms with van der Waals surface area (Å²) in [7, 11) is 0. The van der Waals surface area contributed by atoms with Crippen molar-refractivity contribution >= 4 is 28.0 Å². The number of carbonyl (C=O) groups excluding carboxylic acids is 2. The van der Waals surface area contributed by atoms with Crippen LogP contribution in [0.4, 0.5) is 0 Å². The Kier molecular flexibility index (Phi) is 2.39. The van der Waals surface area contributed by atoms with Crippen molar-refractivity contribution in [1.82, 2.24) is 9.66 Å². The third-order valence-corrected chi connectivity index (χ3v) is 1.92. The molecule has 1 rings (SSSR count). The summed E-state index contributed by atoms with van der Waals surface area (Å²) in [6.45, 7) is 0. The Hall–Kier alpha value is -0.420. The van der Waals surface area contributed by atoms with Gasteiger partial charge in [-0.3, -0.25) is 14.9 Å². The van der Waals surface area contributed by atoms with Gasteiger partial charge in [0.15, 0.2) is 0 Å². The van der Waals surface area contributed by atoms with Crippen LogP contribution in [0.25, 0.3) is 0 Å². The minimum Gasteiger partial charge on any atom is -0.295 e. The van der Waals surface area contributed by atoms with Crippen LogP contribution in [0.2, 0.25) is 0 Å². The summed E-state index contributed by atoms with van der Waals surface area (Å²) in [5, 5.41) is 2.21. The van der Waals surface area contributed by atoms with Crippen molar-refractivity contribution in [2.45, 2.75) is 18.9 Å². The Morgan fingerprint density at radius 2 is 2.30 bits per heavy atom. The van der Waals surface area contributed by atoms with E-state index in [1.54, 1.807) is 0 Å². The number of carbonyl (C=O) groups is 2. The van der Waals surface area contributed by atoms with Crippen LogP contribution in [0.15, 0.2) is 0 Å². The van der Waals surface area contributed by atoms with Crippen molar-refractivity contribution in [2.24, 2.45) is 0 Å². The Labute approximate surface area is 66.7 Å². The van der Waals surface area contributed by atoms with Gasteiger partial charge in [0, 0.05) is 22.6 Å². The van der Waals surface area contributed by atoms with Crippen molar-refractivity contribution in [1.29, 1.82) is 0 Å². The molecule has 1 aliphatic heterocycles. The lowest BCUT2D eigenvalue weighted by molar-refractivity contribution is -0.134. The van der Waals surface area contributed by atoms with E-state index in [-0.39, 0.29) is 17.9 Å². The Morgan fingerprint density at radius 3 is 2.80 bits per heavy atom. The number of rotatable bonds is 1. The maximum Gasteiger partial charge on any atom is 0.244 e. The molecule has 4 nitrogen and oxygen atoms in total. The minimum atomic E-state index is -0.266. The first kappa shape index (κ1) is 7.68. The molecule has 2 amide bonds. The van der Waals surface area contributed by atoms with E-state index in [1.807, 2.05) is 0 Å². The van der Waals surface area contributed by atoms with Gasteiger partial charge in [-0.1, -0.05) is 0 Å². The molecule has 1 atom stereocenters. The lowest BCUT2D eigenvalue weighted by Gasteiger charge is -2.18. The zero-order valence-corrected chi connectivity index (χ0v) is 6.77. The number of amides is 2. The second-order valence-electron chi connectivity index (χ2n) is 2.11. The van der Waals surface area contributed by atoms with Crippen LogP contribution in [0, 0.1) is 0 Å². The molecule has 56 valence electrons. The maximum atomic E-state index is 10.8. The average molecular weight is 207 g/mol. The van der Waals surface area contributed by atoms with Gasteiger partial charge in [0.2, 0.25) is 11.8 Å². The molecule has 0 spiro atoms. The van der Waals surface area contributed by atoms with Crippen molar-refractivity contribution in [3.8, 4) is 0 Å². The molecule has 10 heavy (non-hydrogen) atoms. The Bertz CT molecular complexity index is 171. The molecule has 0 aliphatic carbocycles. The highest BCUT2D eigenvalue weighted by molar-refractivity contribution is 9.08. The molecule has 2 N–H and O–H groups in total. The number of halogens is 1. The van der Waals surface area contributed by atoms with Gasteiger partial charge in [-0.15, -0.1) is 0 Å². The Balaban J connectivity index is 2.51. The molecule has 0 unspecified atom stereocenters. The first-order chi connectivity index (χ1) is 4.74. The van der Waals surface area contributed by atoms with Gasteiger partial charge >= 0.3 is 0 Å². The molecule has 1 fully saturated rings. The third kappa shape index (κ3) is 1.54. The molecule has 0 radical (unpaired) electrons. The van der Waals surface area contributed by atoms with Crippen LogP contribution in [0.1, 0.15) is 12.8 Å².